The molecule has 0 radical (unpaired) electrons. The molecule has 176 valence electrons. The molecule has 0 unspecified atom stereocenters. The van der Waals surface area contributed by atoms with Crippen molar-refractivity contribution in [1.82, 2.24) is 29.1 Å². The molecule has 3 aliphatic rings. The van der Waals surface area contributed by atoms with E-state index in [9.17, 15) is 9.59 Å². The summed E-state index contributed by atoms with van der Waals surface area (Å²) in [6.07, 6.45) is 3.91. The van der Waals surface area contributed by atoms with Crippen LogP contribution < -0.4 is 10.9 Å². The average molecular weight is 478 g/mol. The lowest BCUT2D eigenvalue weighted by Gasteiger charge is -2.17. The summed E-state index contributed by atoms with van der Waals surface area (Å²) in [4.78, 5) is 30.8. The smallest absolute Gasteiger partial charge is 0.284 e. The minimum atomic E-state index is -0.142. The first-order valence-electron chi connectivity index (χ1n) is 11.4. The second-order valence-electron chi connectivity index (χ2n) is 8.56. The normalized spacial score (nSPS) is 13.6. The summed E-state index contributed by atoms with van der Waals surface area (Å²) in [5.74, 6) is 0.521. The van der Waals surface area contributed by atoms with Crippen LogP contribution in [0, 0.1) is 13.8 Å². The van der Waals surface area contributed by atoms with E-state index in [1.54, 1.807) is 4.68 Å². The van der Waals surface area contributed by atoms with Gasteiger partial charge in [-0.05, 0) is 45.2 Å². The van der Waals surface area contributed by atoms with E-state index in [0.29, 0.717) is 17.1 Å². The molecule has 0 bridgehead atoms. The SMILES string of the molecule is Cc1nn(C)c(C)c1NC(=O)CSc1nc2nn(-c3ccccc3)c(=O)c-2c2n1CCCCC2. The van der Waals surface area contributed by atoms with Gasteiger partial charge in [0.25, 0.3) is 5.56 Å². The van der Waals surface area contributed by atoms with Gasteiger partial charge >= 0.3 is 0 Å². The maximum Gasteiger partial charge on any atom is 0.284 e. The number of anilines is 1. The molecule has 1 N–H and O–H groups in total. The van der Waals surface area contributed by atoms with Crippen LogP contribution in [0.4, 0.5) is 5.69 Å². The number of para-hydroxylation sites is 1. The van der Waals surface area contributed by atoms with Gasteiger partial charge < -0.3 is 9.88 Å². The summed E-state index contributed by atoms with van der Waals surface area (Å²) in [6, 6.07) is 9.40. The summed E-state index contributed by atoms with van der Waals surface area (Å²) in [7, 11) is 1.86. The molecule has 1 aromatic carbocycles. The number of carbonyl (C=O) groups is 1. The number of amides is 1. The molecular formula is C24H27N7O2S. The van der Waals surface area contributed by atoms with E-state index in [2.05, 4.69) is 20.1 Å². The molecule has 1 aromatic heterocycles. The summed E-state index contributed by atoms with van der Waals surface area (Å²) in [5.41, 5.74) is 4.58. The van der Waals surface area contributed by atoms with Crippen LogP contribution >= 0.6 is 11.8 Å². The first kappa shape index (κ1) is 22.4. The Balaban J connectivity index is 1.48. The predicted octanol–water partition coefficient (Wildman–Crippen LogP) is 3.34. The summed E-state index contributed by atoms with van der Waals surface area (Å²) < 4.78 is 5.30. The monoisotopic (exact) mass is 477 g/mol. The highest BCUT2D eigenvalue weighted by atomic mass is 32.2. The maximum atomic E-state index is 13.3. The van der Waals surface area contributed by atoms with E-state index in [1.165, 1.54) is 16.4 Å². The Kier molecular flexibility index (Phi) is 5.99. The Morgan fingerprint density at radius 1 is 1.12 bits per heavy atom. The zero-order valence-electron chi connectivity index (χ0n) is 19.5. The third-order valence-corrected chi connectivity index (χ3v) is 7.25. The van der Waals surface area contributed by atoms with Gasteiger partial charge in [-0.2, -0.15) is 9.78 Å². The van der Waals surface area contributed by atoms with E-state index in [4.69, 9.17) is 4.98 Å². The number of aryl methyl sites for hydroxylation is 2. The molecule has 0 spiro atoms. The molecule has 0 aliphatic carbocycles. The second kappa shape index (κ2) is 9.09. The van der Waals surface area contributed by atoms with Crippen LogP contribution in [0.3, 0.4) is 0 Å². The molecule has 2 aromatic rings. The van der Waals surface area contributed by atoms with E-state index in [-0.39, 0.29) is 17.2 Å². The van der Waals surface area contributed by atoms with Crippen molar-refractivity contribution in [3.8, 4) is 17.1 Å². The number of nitrogens with zero attached hydrogens (tertiary/aromatic N) is 6. The van der Waals surface area contributed by atoms with Gasteiger partial charge in [0.1, 0.15) is 5.56 Å². The van der Waals surface area contributed by atoms with Gasteiger partial charge in [0.2, 0.25) is 5.91 Å². The lowest BCUT2D eigenvalue weighted by atomic mass is 10.1. The average Bonchev–Trinajstić information content (AvgIpc) is 3.14. The van der Waals surface area contributed by atoms with Crippen LogP contribution in [-0.2, 0) is 24.8 Å². The number of hydrogen-bond donors (Lipinski definition) is 1. The van der Waals surface area contributed by atoms with Crippen molar-refractivity contribution in [2.24, 2.45) is 7.05 Å². The molecule has 0 atom stereocenters. The maximum absolute atomic E-state index is 13.3. The fraction of sp³-hybridized carbons (Fsp3) is 0.375. The van der Waals surface area contributed by atoms with Gasteiger partial charge in [-0.3, -0.25) is 14.3 Å². The summed E-state index contributed by atoms with van der Waals surface area (Å²) in [5, 5.41) is 12.6. The van der Waals surface area contributed by atoms with Crippen LogP contribution in [0.5, 0.6) is 0 Å². The molecule has 3 aliphatic heterocycles. The Labute approximate surface area is 201 Å². The third-order valence-electron chi connectivity index (χ3n) is 6.27. The first-order chi connectivity index (χ1) is 16.4. The van der Waals surface area contributed by atoms with Crippen molar-refractivity contribution < 1.29 is 4.79 Å². The summed E-state index contributed by atoms with van der Waals surface area (Å²) in [6.45, 7) is 4.58. The molecular weight excluding hydrogens is 450 g/mol. The number of aromatic nitrogens is 6. The lowest BCUT2D eigenvalue weighted by molar-refractivity contribution is -0.113. The van der Waals surface area contributed by atoms with E-state index in [0.717, 1.165) is 60.2 Å². The lowest BCUT2D eigenvalue weighted by Crippen LogP contribution is -2.20. The molecule has 1 amide bonds. The molecule has 0 saturated carbocycles. The predicted molar refractivity (Wildman–Crippen MR) is 132 cm³/mol. The van der Waals surface area contributed by atoms with Crippen molar-refractivity contribution in [1.29, 1.82) is 0 Å². The number of nitrogens with one attached hydrogen (secondary N) is 1. The Morgan fingerprint density at radius 3 is 2.65 bits per heavy atom. The van der Waals surface area contributed by atoms with Crippen LogP contribution in [0.1, 0.15) is 36.3 Å². The van der Waals surface area contributed by atoms with Crippen molar-refractivity contribution in [2.45, 2.75) is 51.2 Å². The zero-order valence-corrected chi connectivity index (χ0v) is 20.4. The Hall–Kier alpha value is -3.40. The number of thioether (sulfide) groups is 1. The minimum absolute atomic E-state index is 0.117. The van der Waals surface area contributed by atoms with Crippen molar-refractivity contribution in [2.75, 3.05) is 11.1 Å². The van der Waals surface area contributed by atoms with Crippen LogP contribution in [-0.4, -0.2) is 40.8 Å². The largest absolute Gasteiger partial charge is 0.324 e. The Morgan fingerprint density at radius 2 is 1.91 bits per heavy atom. The summed E-state index contributed by atoms with van der Waals surface area (Å²) >= 11 is 1.38. The van der Waals surface area contributed by atoms with Gasteiger partial charge in [-0.15, -0.1) is 5.10 Å². The molecule has 0 saturated heterocycles. The quantitative estimate of drug-likeness (QED) is 0.350. The van der Waals surface area contributed by atoms with Crippen molar-refractivity contribution >= 4 is 23.4 Å². The van der Waals surface area contributed by atoms with E-state index < -0.39 is 0 Å². The fourth-order valence-corrected chi connectivity index (χ4v) is 5.31. The van der Waals surface area contributed by atoms with Gasteiger partial charge in [-0.25, -0.2) is 4.98 Å². The van der Waals surface area contributed by atoms with Gasteiger partial charge in [-0.1, -0.05) is 36.4 Å². The van der Waals surface area contributed by atoms with Crippen LogP contribution in [0.25, 0.3) is 17.1 Å². The number of benzene rings is 1. The molecule has 9 nitrogen and oxygen atoms in total. The molecule has 34 heavy (non-hydrogen) atoms. The van der Waals surface area contributed by atoms with Gasteiger partial charge in [0.15, 0.2) is 11.0 Å². The fourth-order valence-electron chi connectivity index (χ4n) is 4.47. The molecule has 4 heterocycles. The molecule has 0 fully saturated rings. The number of carbonyl (C=O) groups excluding carboxylic acids is 1. The second-order valence-corrected chi connectivity index (χ2v) is 9.50. The standard InChI is InChI=1S/C24H27N7O2S/c1-15-21(16(2)29(3)27-15)25-19(32)14-34-24-26-22-20(18-12-8-5-9-13-30(18)24)23(33)31(28-22)17-10-6-4-7-11-17/h4,6-7,10-11H,5,8-9,12-14H2,1-3H3,(H,25,32). The molecule has 5 rings (SSSR count). The van der Waals surface area contributed by atoms with E-state index >= 15 is 0 Å². The first-order valence-corrected chi connectivity index (χ1v) is 12.4. The third kappa shape index (κ3) is 4.02. The topological polar surface area (TPSA) is 99.6 Å². The van der Waals surface area contributed by atoms with Crippen molar-refractivity contribution in [3.63, 3.8) is 0 Å². The number of hydrogen-bond acceptors (Lipinski definition) is 6. The highest BCUT2D eigenvalue weighted by Gasteiger charge is 2.27. The van der Waals surface area contributed by atoms with E-state index in [1.807, 2.05) is 51.2 Å². The van der Waals surface area contributed by atoms with Gasteiger partial charge in [0, 0.05) is 19.3 Å². The van der Waals surface area contributed by atoms with Crippen molar-refractivity contribution in [3.05, 3.63) is 57.8 Å². The zero-order chi connectivity index (χ0) is 23.8. The highest BCUT2D eigenvalue weighted by Crippen LogP contribution is 2.30. The van der Waals surface area contributed by atoms with Crippen LogP contribution in [0.15, 0.2) is 40.3 Å². The number of rotatable bonds is 5. The highest BCUT2D eigenvalue weighted by molar-refractivity contribution is 7.99. The Bertz CT molecular complexity index is 1390. The van der Waals surface area contributed by atoms with Crippen LogP contribution in [0.2, 0.25) is 0 Å². The van der Waals surface area contributed by atoms with Gasteiger partial charge in [0.05, 0.1) is 28.5 Å². The minimum Gasteiger partial charge on any atom is -0.324 e. The molecule has 10 heteroatoms. The number of fused-ring (bicyclic) bond motifs is 3.